The summed E-state index contributed by atoms with van der Waals surface area (Å²) in [6, 6.07) is 0.111. The SMILES string of the molecule is CC(=O)Nc1nc(C2CCCN2CC(=O)Nc2cn(C)nc2C)cs1. The van der Waals surface area contributed by atoms with Crippen LogP contribution >= 0.6 is 11.3 Å². The number of amides is 2. The quantitative estimate of drug-likeness (QED) is 0.848. The van der Waals surface area contributed by atoms with E-state index >= 15 is 0 Å². The van der Waals surface area contributed by atoms with Gasteiger partial charge in [0.25, 0.3) is 0 Å². The Labute approximate surface area is 150 Å². The maximum Gasteiger partial charge on any atom is 0.238 e. The minimum atomic E-state index is -0.129. The zero-order valence-corrected chi connectivity index (χ0v) is 15.4. The van der Waals surface area contributed by atoms with Crippen molar-refractivity contribution in [3.05, 3.63) is 23.0 Å². The number of nitrogens with zero attached hydrogens (tertiary/aromatic N) is 4. The summed E-state index contributed by atoms with van der Waals surface area (Å²) in [4.78, 5) is 30.2. The van der Waals surface area contributed by atoms with Crippen molar-refractivity contribution >= 4 is 34.0 Å². The Morgan fingerprint density at radius 3 is 2.88 bits per heavy atom. The molecule has 1 saturated heterocycles. The number of carbonyl (C=O) groups excluding carboxylic acids is 2. The minimum absolute atomic E-state index is 0.0553. The van der Waals surface area contributed by atoms with E-state index < -0.39 is 0 Å². The monoisotopic (exact) mass is 362 g/mol. The zero-order chi connectivity index (χ0) is 18.0. The van der Waals surface area contributed by atoms with E-state index in [9.17, 15) is 9.59 Å². The van der Waals surface area contributed by atoms with Crippen molar-refractivity contribution < 1.29 is 9.59 Å². The van der Waals surface area contributed by atoms with E-state index in [0.29, 0.717) is 11.7 Å². The number of thiazole rings is 1. The predicted octanol–water partition coefficient (Wildman–Crippen LogP) is 1.92. The molecule has 3 rings (SSSR count). The Kier molecular flexibility index (Phi) is 5.14. The lowest BCUT2D eigenvalue weighted by Gasteiger charge is -2.22. The zero-order valence-electron chi connectivity index (χ0n) is 14.6. The van der Waals surface area contributed by atoms with Gasteiger partial charge in [0.1, 0.15) is 0 Å². The third kappa shape index (κ3) is 4.23. The molecule has 0 aromatic carbocycles. The minimum Gasteiger partial charge on any atom is -0.322 e. The second-order valence-corrected chi connectivity index (χ2v) is 7.10. The van der Waals surface area contributed by atoms with Crippen LogP contribution in [0, 0.1) is 6.92 Å². The third-order valence-electron chi connectivity index (χ3n) is 4.14. The van der Waals surface area contributed by atoms with Crippen LogP contribution in [0.15, 0.2) is 11.6 Å². The highest BCUT2D eigenvalue weighted by Crippen LogP contribution is 2.33. The average Bonchev–Trinajstić information content (AvgIpc) is 3.20. The van der Waals surface area contributed by atoms with Crippen molar-refractivity contribution in [3.63, 3.8) is 0 Å². The molecule has 0 bridgehead atoms. The summed E-state index contributed by atoms with van der Waals surface area (Å²) < 4.78 is 1.68. The lowest BCUT2D eigenvalue weighted by Crippen LogP contribution is -2.33. The molecule has 1 atom stereocenters. The number of aryl methyl sites for hydroxylation is 2. The van der Waals surface area contributed by atoms with Gasteiger partial charge < -0.3 is 10.6 Å². The number of hydrogen-bond acceptors (Lipinski definition) is 6. The lowest BCUT2D eigenvalue weighted by atomic mass is 10.2. The summed E-state index contributed by atoms with van der Waals surface area (Å²) in [5.74, 6) is -0.185. The van der Waals surface area contributed by atoms with Gasteiger partial charge in [-0.2, -0.15) is 5.10 Å². The molecule has 2 aromatic rings. The first kappa shape index (κ1) is 17.6. The van der Waals surface area contributed by atoms with Crippen LogP contribution in [0.25, 0.3) is 0 Å². The maximum absolute atomic E-state index is 12.4. The van der Waals surface area contributed by atoms with Crippen molar-refractivity contribution in [2.24, 2.45) is 7.05 Å². The molecule has 8 nitrogen and oxygen atoms in total. The number of hydrogen-bond donors (Lipinski definition) is 2. The molecule has 1 aliphatic heterocycles. The van der Waals surface area contributed by atoms with Crippen LogP contribution in [0.2, 0.25) is 0 Å². The largest absolute Gasteiger partial charge is 0.322 e. The Balaban J connectivity index is 1.63. The van der Waals surface area contributed by atoms with E-state index in [1.807, 2.05) is 19.4 Å². The molecule has 1 aliphatic rings. The fourth-order valence-corrected chi connectivity index (χ4v) is 3.90. The molecule has 1 fully saturated rings. The number of rotatable bonds is 5. The van der Waals surface area contributed by atoms with E-state index in [2.05, 4.69) is 25.6 Å². The summed E-state index contributed by atoms with van der Waals surface area (Å²) in [5, 5.41) is 12.4. The molecular weight excluding hydrogens is 340 g/mol. The van der Waals surface area contributed by atoms with Gasteiger partial charge in [-0.3, -0.25) is 19.2 Å². The van der Waals surface area contributed by atoms with Gasteiger partial charge in [0, 0.05) is 25.5 Å². The van der Waals surface area contributed by atoms with Gasteiger partial charge in [-0.1, -0.05) is 0 Å². The van der Waals surface area contributed by atoms with E-state index in [-0.39, 0.29) is 17.9 Å². The second-order valence-electron chi connectivity index (χ2n) is 6.24. The fraction of sp³-hybridized carbons (Fsp3) is 0.500. The molecule has 2 aromatic heterocycles. The van der Waals surface area contributed by atoms with Crippen molar-refractivity contribution in [1.29, 1.82) is 0 Å². The van der Waals surface area contributed by atoms with Gasteiger partial charge in [0.05, 0.1) is 29.7 Å². The van der Waals surface area contributed by atoms with Crippen LogP contribution in [0.5, 0.6) is 0 Å². The molecule has 0 aliphatic carbocycles. The highest BCUT2D eigenvalue weighted by molar-refractivity contribution is 7.13. The van der Waals surface area contributed by atoms with E-state index in [4.69, 9.17) is 0 Å². The number of nitrogens with one attached hydrogen (secondary N) is 2. The Morgan fingerprint density at radius 1 is 1.40 bits per heavy atom. The first-order valence-electron chi connectivity index (χ1n) is 8.19. The van der Waals surface area contributed by atoms with Gasteiger partial charge in [0.2, 0.25) is 11.8 Å². The van der Waals surface area contributed by atoms with Gasteiger partial charge in [-0.15, -0.1) is 11.3 Å². The lowest BCUT2D eigenvalue weighted by molar-refractivity contribution is -0.117. The molecule has 0 saturated carbocycles. The van der Waals surface area contributed by atoms with E-state index in [0.717, 1.165) is 36.5 Å². The number of anilines is 2. The highest BCUT2D eigenvalue weighted by Gasteiger charge is 2.29. The van der Waals surface area contributed by atoms with Gasteiger partial charge in [0.15, 0.2) is 5.13 Å². The molecule has 0 radical (unpaired) electrons. The summed E-state index contributed by atoms with van der Waals surface area (Å²) in [5.41, 5.74) is 2.45. The van der Waals surface area contributed by atoms with Gasteiger partial charge in [-0.25, -0.2) is 4.98 Å². The number of likely N-dealkylation sites (tertiary alicyclic amines) is 1. The van der Waals surface area contributed by atoms with Crippen molar-refractivity contribution in [1.82, 2.24) is 19.7 Å². The Hall–Kier alpha value is -2.26. The molecule has 1 unspecified atom stereocenters. The number of carbonyl (C=O) groups is 2. The first-order chi connectivity index (χ1) is 11.9. The molecule has 9 heteroatoms. The topological polar surface area (TPSA) is 92.1 Å². The Morgan fingerprint density at radius 2 is 2.20 bits per heavy atom. The summed E-state index contributed by atoms with van der Waals surface area (Å²) in [7, 11) is 1.83. The van der Waals surface area contributed by atoms with E-state index in [1.54, 1.807) is 10.9 Å². The number of aromatic nitrogens is 3. The molecule has 3 heterocycles. The molecule has 2 amide bonds. The molecule has 134 valence electrons. The molecule has 2 N–H and O–H groups in total. The summed E-state index contributed by atoms with van der Waals surface area (Å²) >= 11 is 1.41. The summed E-state index contributed by atoms with van der Waals surface area (Å²) in [6.45, 7) is 4.50. The standard InChI is InChI=1S/C16H22N6O2S/c1-10-12(7-21(3)20-10)18-15(24)8-22-6-4-5-14(22)13-9-25-16(19-13)17-11(2)23/h7,9,14H,4-6,8H2,1-3H3,(H,18,24)(H,17,19,23). The van der Waals surface area contributed by atoms with Crippen LogP contribution in [-0.4, -0.2) is 44.6 Å². The summed E-state index contributed by atoms with van der Waals surface area (Å²) in [6.07, 6.45) is 3.79. The highest BCUT2D eigenvalue weighted by atomic mass is 32.1. The van der Waals surface area contributed by atoms with Crippen LogP contribution in [0.4, 0.5) is 10.8 Å². The van der Waals surface area contributed by atoms with Crippen LogP contribution < -0.4 is 10.6 Å². The Bertz CT molecular complexity index is 783. The molecule has 0 spiro atoms. The molecular formula is C16H22N6O2S. The van der Waals surface area contributed by atoms with Gasteiger partial charge in [-0.05, 0) is 26.3 Å². The maximum atomic E-state index is 12.4. The van der Waals surface area contributed by atoms with Gasteiger partial charge >= 0.3 is 0 Å². The van der Waals surface area contributed by atoms with Crippen LogP contribution in [-0.2, 0) is 16.6 Å². The van der Waals surface area contributed by atoms with Crippen molar-refractivity contribution in [2.45, 2.75) is 32.7 Å². The first-order valence-corrected chi connectivity index (χ1v) is 9.07. The van der Waals surface area contributed by atoms with Crippen molar-refractivity contribution in [2.75, 3.05) is 23.7 Å². The normalized spacial score (nSPS) is 17.6. The van der Waals surface area contributed by atoms with E-state index in [1.165, 1.54) is 18.3 Å². The van der Waals surface area contributed by atoms with Crippen molar-refractivity contribution in [3.8, 4) is 0 Å². The third-order valence-corrected chi connectivity index (χ3v) is 4.92. The van der Waals surface area contributed by atoms with Crippen LogP contribution in [0.1, 0.15) is 37.2 Å². The predicted molar refractivity (Wildman–Crippen MR) is 96.5 cm³/mol. The average molecular weight is 362 g/mol. The smallest absolute Gasteiger partial charge is 0.238 e. The fourth-order valence-electron chi connectivity index (χ4n) is 3.09. The van der Waals surface area contributed by atoms with Crippen LogP contribution in [0.3, 0.4) is 0 Å². The second kappa shape index (κ2) is 7.32. The molecule has 25 heavy (non-hydrogen) atoms.